The molecule has 0 aromatic heterocycles. The quantitative estimate of drug-likeness (QED) is 0.777. The SMILES string of the molecule is CC(C)N1CCC(c2ccc(F)cc2)C(COc2ccc3c(c2)OCO3)C1. The van der Waals surface area contributed by atoms with Gasteiger partial charge in [-0.1, -0.05) is 12.1 Å². The van der Waals surface area contributed by atoms with Gasteiger partial charge in [-0.3, -0.25) is 0 Å². The summed E-state index contributed by atoms with van der Waals surface area (Å²) in [4.78, 5) is 2.49. The predicted molar refractivity (Wildman–Crippen MR) is 102 cm³/mol. The van der Waals surface area contributed by atoms with Gasteiger partial charge < -0.3 is 19.1 Å². The highest BCUT2D eigenvalue weighted by Gasteiger charge is 2.32. The largest absolute Gasteiger partial charge is 0.493 e. The summed E-state index contributed by atoms with van der Waals surface area (Å²) in [6, 6.07) is 13.1. The van der Waals surface area contributed by atoms with Crippen LogP contribution < -0.4 is 14.2 Å². The Hall–Kier alpha value is -2.27. The lowest BCUT2D eigenvalue weighted by Crippen LogP contribution is -2.45. The molecule has 1 fully saturated rings. The summed E-state index contributed by atoms with van der Waals surface area (Å²) in [7, 11) is 0. The van der Waals surface area contributed by atoms with Crippen LogP contribution in [0.2, 0.25) is 0 Å². The van der Waals surface area contributed by atoms with Crippen LogP contribution in [0.25, 0.3) is 0 Å². The van der Waals surface area contributed by atoms with Crippen LogP contribution in [0.4, 0.5) is 4.39 Å². The maximum atomic E-state index is 13.3. The average molecular weight is 371 g/mol. The van der Waals surface area contributed by atoms with Crippen LogP contribution in [0, 0.1) is 11.7 Å². The monoisotopic (exact) mass is 371 g/mol. The van der Waals surface area contributed by atoms with Crippen LogP contribution in [-0.4, -0.2) is 37.4 Å². The number of hydrogen-bond donors (Lipinski definition) is 0. The number of piperidine rings is 1. The summed E-state index contributed by atoms with van der Waals surface area (Å²) in [5.74, 6) is 2.81. The Morgan fingerprint density at radius 1 is 1.11 bits per heavy atom. The molecular weight excluding hydrogens is 345 g/mol. The van der Waals surface area contributed by atoms with Gasteiger partial charge in [0.2, 0.25) is 6.79 Å². The number of fused-ring (bicyclic) bond motifs is 1. The molecule has 2 heterocycles. The lowest BCUT2D eigenvalue weighted by atomic mass is 9.80. The van der Waals surface area contributed by atoms with Crippen LogP contribution in [-0.2, 0) is 0 Å². The molecule has 1 saturated heterocycles. The average Bonchev–Trinajstić information content (AvgIpc) is 3.14. The number of ether oxygens (including phenoxy) is 3. The highest BCUT2D eigenvalue weighted by molar-refractivity contribution is 5.46. The molecule has 2 unspecified atom stereocenters. The highest BCUT2D eigenvalue weighted by atomic mass is 19.1. The third kappa shape index (κ3) is 4.03. The van der Waals surface area contributed by atoms with Crippen molar-refractivity contribution in [2.75, 3.05) is 26.5 Å². The summed E-state index contributed by atoms with van der Waals surface area (Å²) < 4.78 is 30.3. The van der Waals surface area contributed by atoms with Gasteiger partial charge >= 0.3 is 0 Å². The van der Waals surface area contributed by atoms with Crippen molar-refractivity contribution >= 4 is 0 Å². The van der Waals surface area contributed by atoms with E-state index in [-0.39, 0.29) is 12.6 Å². The lowest BCUT2D eigenvalue weighted by molar-refractivity contribution is 0.0897. The predicted octanol–water partition coefficient (Wildman–Crippen LogP) is 4.45. The second-order valence-corrected chi connectivity index (χ2v) is 7.62. The number of rotatable bonds is 5. The Morgan fingerprint density at radius 2 is 1.89 bits per heavy atom. The van der Waals surface area contributed by atoms with E-state index in [1.807, 2.05) is 30.3 Å². The second-order valence-electron chi connectivity index (χ2n) is 7.62. The van der Waals surface area contributed by atoms with Gasteiger partial charge in [0.15, 0.2) is 11.5 Å². The zero-order valence-electron chi connectivity index (χ0n) is 15.9. The first-order valence-electron chi connectivity index (χ1n) is 9.62. The van der Waals surface area contributed by atoms with Crippen LogP contribution in [0.3, 0.4) is 0 Å². The molecule has 2 aliphatic heterocycles. The minimum atomic E-state index is -0.188. The van der Waals surface area contributed by atoms with Crippen LogP contribution in [0.1, 0.15) is 31.7 Å². The summed E-state index contributed by atoms with van der Waals surface area (Å²) in [6.45, 7) is 7.37. The Labute approximate surface area is 159 Å². The molecule has 0 N–H and O–H groups in total. The molecule has 4 rings (SSSR count). The van der Waals surface area contributed by atoms with Crippen molar-refractivity contribution in [3.05, 3.63) is 53.8 Å². The first-order valence-corrected chi connectivity index (χ1v) is 9.62. The van der Waals surface area contributed by atoms with Crippen molar-refractivity contribution in [2.45, 2.75) is 32.2 Å². The van der Waals surface area contributed by atoms with Gasteiger partial charge in [-0.15, -0.1) is 0 Å². The zero-order chi connectivity index (χ0) is 18.8. The number of hydrogen-bond acceptors (Lipinski definition) is 4. The molecule has 0 saturated carbocycles. The van der Waals surface area contributed by atoms with E-state index in [0.717, 1.165) is 36.8 Å². The molecule has 5 heteroatoms. The van der Waals surface area contributed by atoms with Crippen molar-refractivity contribution < 1.29 is 18.6 Å². The number of likely N-dealkylation sites (tertiary alicyclic amines) is 1. The molecule has 2 atom stereocenters. The standard InChI is InChI=1S/C22H26FNO3/c1-15(2)24-10-9-20(16-3-5-18(23)6-4-16)17(12-24)13-25-19-7-8-21-22(11-19)27-14-26-21/h3-8,11,15,17,20H,9-10,12-14H2,1-2H3. The Balaban J connectivity index is 1.49. The summed E-state index contributed by atoms with van der Waals surface area (Å²) in [5, 5.41) is 0. The van der Waals surface area contributed by atoms with E-state index in [1.165, 1.54) is 5.56 Å². The zero-order valence-corrected chi connectivity index (χ0v) is 15.9. The highest BCUT2D eigenvalue weighted by Crippen LogP contribution is 2.37. The van der Waals surface area contributed by atoms with Crippen molar-refractivity contribution in [2.24, 2.45) is 5.92 Å². The normalized spacial score (nSPS) is 22.2. The number of benzene rings is 2. The van der Waals surface area contributed by atoms with Crippen molar-refractivity contribution in [3.63, 3.8) is 0 Å². The van der Waals surface area contributed by atoms with Crippen LogP contribution >= 0.6 is 0 Å². The van der Waals surface area contributed by atoms with Crippen molar-refractivity contribution in [3.8, 4) is 17.2 Å². The Bertz CT molecular complexity index is 778. The summed E-state index contributed by atoms with van der Waals surface area (Å²) in [6.07, 6.45) is 1.05. The molecule has 144 valence electrons. The van der Waals surface area contributed by atoms with Crippen LogP contribution in [0.5, 0.6) is 17.2 Å². The third-order valence-electron chi connectivity index (χ3n) is 5.60. The van der Waals surface area contributed by atoms with Crippen molar-refractivity contribution in [1.82, 2.24) is 4.90 Å². The van der Waals surface area contributed by atoms with E-state index in [1.54, 1.807) is 12.1 Å². The van der Waals surface area contributed by atoms with Gasteiger partial charge in [-0.25, -0.2) is 4.39 Å². The summed E-state index contributed by atoms with van der Waals surface area (Å²) in [5.41, 5.74) is 1.19. The minimum Gasteiger partial charge on any atom is -0.493 e. The van der Waals surface area contributed by atoms with Gasteiger partial charge in [0.05, 0.1) is 6.61 Å². The fourth-order valence-electron chi connectivity index (χ4n) is 4.02. The summed E-state index contributed by atoms with van der Waals surface area (Å²) >= 11 is 0. The van der Waals surface area contributed by atoms with Gasteiger partial charge in [-0.2, -0.15) is 0 Å². The van der Waals surface area contributed by atoms with E-state index < -0.39 is 0 Å². The van der Waals surface area contributed by atoms with E-state index in [0.29, 0.717) is 24.5 Å². The molecule has 0 spiro atoms. The molecule has 27 heavy (non-hydrogen) atoms. The van der Waals surface area contributed by atoms with E-state index >= 15 is 0 Å². The Kier molecular flexibility index (Phi) is 5.21. The molecule has 4 nitrogen and oxygen atoms in total. The van der Waals surface area contributed by atoms with E-state index in [4.69, 9.17) is 14.2 Å². The smallest absolute Gasteiger partial charge is 0.231 e. The fraction of sp³-hybridized carbons (Fsp3) is 0.455. The van der Waals surface area contributed by atoms with E-state index in [2.05, 4.69) is 18.7 Å². The topological polar surface area (TPSA) is 30.9 Å². The van der Waals surface area contributed by atoms with Gasteiger partial charge in [0.25, 0.3) is 0 Å². The maximum absolute atomic E-state index is 13.3. The molecule has 0 amide bonds. The first-order chi connectivity index (χ1) is 13.1. The van der Waals surface area contributed by atoms with Crippen molar-refractivity contribution in [1.29, 1.82) is 0 Å². The van der Waals surface area contributed by atoms with Gasteiger partial charge in [0, 0.05) is 24.6 Å². The van der Waals surface area contributed by atoms with E-state index in [9.17, 15) is 4.39 Å². The Morgan fingerprint density at radius 3 is 2.67 bits per heavy atom. The fourth-order valence-corrected chi connectivity index (χ4v) is 4.02. The van der Waals surface area contributed by atoms with Crippen LogP contribution in [0.15, 0.2) is 42.5 Å². The molecule has 2 aromatic carbocycles. The first kappa shape index (κ1) is 18.1. The third-order valence-corrected chi connectivity index (χ3v) is 5.60. The second kappa shape index (κ2) is 7.77. The van der Waals surface area contributed by atoms with Gasteiger partial charge in [-0.05, 0) is 62.6 Å². The lowest BCUT2D eigenvalue weighted by Gasteiger charge is -2.40. The molecule has 2 aromatic rings. The number of halogens is 1. The molecule has 0 aliphatic carbocycles. The number of nitrogens with zero attached hydrogens (tertiary/aromatic N) is 1. The van der Waals surface area contributed by atoms with Gasteiger partial charge in [0.1, 0.15) is 11.6 Å². The molecule has 0 radical (unpaired) electrons. The maximum Gasteiger partial charge on any atom is 0.231 e. The molecule has 0 bridgehead atoms. The minimum absolute atomic E-state index is 0.188. The molecular formula is C22H26FNO3. The molecule has 2 aliphatic rings.